The van der Waals surface area contributed by atoms with E-state index in [4.69, 9.17) is 11.0 Å². The van der Waals surface area contributed by atoms with Crippen LogP contribution in [0.1, 0.15) is 23.0 Å². The second-order valence-electron chi connectivity index (χ2n) is 2.81. The van der Waals surface area contributed by atoms with E-state index in [0.717, 1.165) is 17.0 Å². The molecule has 0 amide bonds. The summed E-state index contributed by atoms with van der Waals surface area (Å²) < 4.78 is 1.74. The maximum atomic E-state index is 8.63. The highest BCUT2D eigenvalue weighted by Crippen LogP contribution is 2.17. The van der Waals surface area contributed by atoms with E-state index in [1.807, 2.05) is 27.0 Å². The number of rotatable bonds is 1. The number of hydrogen-bond acceptors (Lipinski definition) is 3. The van der Waals surface area contributed by atoms with Crippen LogP contribution in [0, 0.1) is 25.2 Å². The van der Waals surface area contributed by atoms with Crippen molar-refractivity contribution in [3.05, 3.63) is 17.0 Å². The zero-order chi connectivity index (χ0) is 9.30. The molecule has 1 rings (SSSR count). The van der Waals surface area contributed by atoms with Crippen LogP contribution in [0.25, 0.3) is 0 Å². The van der Waals surface area contributed by atoms with Gasteiger partial charge in [-0.25, -0.2) is 0 Å². The van der Waals surface area contributed by atoms with Crippen LogP contribution in [-0.2, 0) is 7.05 Å². The van der Waals surface area contributed by atoms with Crippen LogP contribution in [-0.4, -0.2) is 9.78 Å². The molecule has 12 heavy (non-hydrogen) atoms. The molecule has 0 radical (unpaired) electrons. The standard InChI is InChI=1S/C8H12N4/c1-5-8(7(10)4-9)6(2)12(3)11-5/h7H,10H2,1-3H3. The molecule has 4 nitrogen and oxygen atoms in total. The van der Waals surface area contributed by atoms with Crippen LogP contribution in [0.3, 0.4) is 0 Å². The molecule has 2 N–H and O–H groups in total. The lowest BCUT2D eigenvalue weighted by Gasteiger charge is -2.01. The third-order valence-electron chi connectivity index (χ3n) is 2.02. The Morgan fingerprint density at radius 3 is 2.50 bits per heavy atom. The lowest BCUT2D eigenvalue weighted by Crippen LogP contribution is -2.09. The van der Waals surface area contributed by atoms with Crippen LogP contribution >= 0.6 is 0 Å². The maximum Gasteiger partial charge on any atom is 0.122 e. The highest BCUT2D eigenvalue weighted by molar-refractivity contribution is 5.31. The molecule has 0 fully saturated rings. The molecule has 4 heteroatoms. The van der Waals surface area contributed by atoms with Crippen molar-refractivity contribution in [3.8, 4) is 6.07 Å². The molecule has 0 bridgehead atoms. The fourth-order valence-electron chi connectivity index (χ4n) is 1.30. The summed E-state index contributed by atoms with van der Waals surface area (Å²) in [6.45, 7) is 3.77. The van der Waals surface area contributed by atoms with Gasteiger partial charge in [0.1, 0.15) is 6.04 Å². The fourth-order valence-corrected chi connectivity index (χ4v) is 1.30. The summed E-state index contributed by atoms with van der Waals surface area (Å²) >= 11 is 0. The van der Waals surface area contributed by atoms with Crippen molar-refractivity contribution in [3.63, 3.8) is 0 Å². The largest absolute Gasteiger partial charge is 0.312 e. The van der Waals surface area contributed by atoms with E-state index in [-0.39, 0.29) is 0 Å². The first-order valence-corrected chi connectivity index (χ1v) is 3.73. The van der Waals surface area contributed by atoms with Gasteiger partial charge < -0.3 is 5.73 Å². The molecule has 0 saturated carbocycles. The van der Waals surface area contributed by atoms with Gasteiger partial charge in [0.2, 0.25) is 0 Å². The van der Waals surface area contributed by atoms with Crippen LogP contribution in [0.2, 0.25) is 0 Å². The van der Waals surface area contributed by atoms with Crippen molar-refractivity contribution < 1.29 is 0 Å². The van der Waals surface area contributed by atoms with Crippen molar-refractivity contribution in [1.82, 2.24) is 9.78 Å². The smallest absolute Gasteiger partial charge is 0.122 e. The molecule has 0 aliphatic carbocycles. The normalized spacial score (nSPS) is 12.6. The van der Waals surface area contributed by atoms with E-state index >= 15 is 0 Å². The van der Waals surface area contributed by atoms with Crippen LogP contribution in [0.15, 0.2) is 0 Å². The van der Waals surface area contributed by atoms with E-state index in [2.05, 4.69) is 5.10 Å². The lowest BCUT2D eigenvalue weighted by molar-refractivity contribution is 0.729. The molecular formula is C8H12N4. The Hall–Kier alpha value is -1.34. The van der Waals surface area contributed by atoms with Gasteiger partial charge in [0.25, 0.3) is 0 Å². The van der Waals surface area contributed by atoms with Crippen molar-refractivity contribution in [2.45, 2.75) is 19.9 Å². The van der Waals surface area contributed by atoms with Gasteiger partial charge in [-0.05, 0) is 13.8 Å². The predicted molar refractivity (Wildman–Crippen MR) is 45.2 cm³/mol. The maximum absolute atomic E-state index is 8.63. The van der Waals surface area contributed by atoms with E-state index < -0.39 is 6.04 Å². The van der Waals surface area contributed by atoms with E-state index in [9.17, 15) is 0 Å². The summed E-state index contributed by atoms with van der Waals surface area (Å²) in [4.78, 5) is 0. The number of hydrogen-bond donors (Lipinski definition) is 1. The Bertz CT molecular complexity index is 332. The zero-order valence-corrected chi connectivity index (χ0v) is 7.50. The Kier molecular flexibility index (Phi) is 2.15. The third kappa shape index (κ3) is 1.19. The molecule has 0 saturated heterocycles. The van der Waals surface area contributed by atoms with Crippen molar-refractivity contribution in [2.24, 2.45) is 12.8 Å². The number of nitriles is 1. The first kappa shape index (κ1) is 8.75. The quantitative estimate of drug-likeness (QED) is 0.659. The zero-order valence-electron chi connectivity index (χ0n) is 7.50. The Morgan fingerprint density at radius 1 is 1.58 bits per heavy atom. The van der Waals surface area contributed by atoms with Crippen molar-refractivity contribution in [2.75, 3.05) is 0 Å². The van der Waals surface area contributed by atoms with Gasteiger partial charge in [-0.1, -0.05) is 0 Å². The molecule has 1 unspecified atom stereocenters. The lowest BCUT2D eigenvalue weighted by atomic mass is 10.1. The fraction of sp³-hybridized carbons (Fsp3) is 0.500. The molecule has 1 heterocycles. The summed E-state index contributed by atoms with van der Waals surface area (Å²) in [5, 5.41) is 12.8. The van der Waals surface area contributed by atoms with Gasteiger partial charge in [-0.3, -0.25) is 4.68 Å². The van der Waals surface area contributed by atoms with Gasteiger partial charge in [0, 0.05) is 18.3 Å². The SMILES string of the molecule is Cc1nn(C)c(C)c1C(N)C#N. The van der Waals surface area contributed by atoms with Gasteiger partial charge in [0.15, 0.2) is 0 Å². The molecular weight excluding hydrogens is 152 g/mol. The first-order chi connectivity index (χ1) is 5.57. The Balaban J connectivity index is 3.24. The van der Waals surface area contributed by atoms with Crippen LogP contribution in [0.5, 0.6) is 0 Å². The van der Waals surface area contributed by atoms with Gasteiger partial charge >= 0.3 is 0 Å². The average molecular weight is 164 g/mol. The molecule has 1 aromatic rings. The molecule has 64 valence electrons. The molecule has 0 aliphatic rings. The third-order valence-corrected chi connectivity index (χ3v) is 2.02. The minimum absolute atomic E-state index is 0.557. The van der Waals surface area contributed by atoms with Crippen molar-refractivity contribution >= 4 is 0 Å². The second kappa shape index (κ2) is 2.95. The summed E-state index contributed by atoms with van der Waals surface area (Å²) in [7, 11) is 1.84. The second-order valence-corrected chi connectivity index (χ2v) is 2.81. The number of nitrogens with zero attached hydrogens (tertiary/aromatic N) is 3. The molecule has 0 aromatic carbocycles. The molecule has 0 aliphatic heterocycles. The van der Waals surface area contributed by atoms with E-state index in [1.54, 1.807) is 4.68 Å². The number of aryl methyl sites for hydroxylation is 2. The summed E-state index contributed by atoms with van der Waals surface area (Å²) in [6.07, 6.45) is 0. The van der Waals surface area contributed by atoms with Crippen LogP contribution < -0.4 is 5.73 Å². The Labute approximate surface area is 71.6 Å². The first-order valence-electron chi connectivity index (χ1n) is 3.73. The van der Waals surface area contributed by atoms with Crippen LogP contribution in [0.4, 0.5) is 0 Å². The summed E-state index contributed by atoms with van der Waals surface area (Å²) in [5.74, 6) is 0. The van der Waals surface area contributed by atoms with E-state index in [0.29, 0.717) is 0 Å². The highest BCUT2D eigenvalue weighted by Gasteiger charge is 2.15. The minimum atomic E-state index is -0.557. The monoisotopic (exact) mass is 164 g/mol. The minimum Gasteiger partial charge on any atom is -0.312 e. The highest BCUT2D eigenvalue weighted by atomic mass is 15.3. The molecule has 1 atom stereocenters. The summed E-state index contributed by atoms with van der Waals surface area (Å²) in [6, 6.07) is 1.44. The average Bonchev–Trinajstić information content (AvgIpc) is 2.26. The summed E-state index contributed by atoms with van der Waals surface area (Å²) in [5.41, 5.74) is 8.24. The Morgan fingerprint density at radius 2 is 2.17 bits per heavy atom. The number of nitrogens with two attached hydrogens (primary N) is 1. The van der Waals surface area contributed by atoms with Gasteiger partial charge in [-0.2, -0.15) is 10.4 Å². The van der Waals surface area contributed by atoms with E-state index in [1.165, 1.54) is 0 Å². The predicted octanol–water partition coefficient (Wildman–Crippen LogP) is 0.560. The topological polar surface area (TPSA) is 67.6 Å². The van der Waals surface area contributed by atoms with Gasteiger partial charge in [-0.15, -0.1) is 0 Å². The van der Waals surface area contributed by atoms with Crippen molar-refractivity contribution in [1.29, 1.82) is 5.26 Å². The molecule has 0 spiro atoms. The molecule has 1 aromatic heterocycles. The number of aromatic nitrogens is 2. The van der Waals surface area contributed by atoms with Gasteiger partial charge in [0.05, 0.1) is 11.8 Å².